The van der Waals surface area contributed by atoms with E-state index in [0.29, 0.717) is 11.5 Å². The van der Waals surface area contributed by atoms with Gasteiger partial charge in [0.05, 0.1) is 16.5 Å². The van der Waals surface area contributed by atoms with Gasteiger partial charge in [0.2, 0.25) is 5.95 Å². The summed E-state index contributed by atoms with van der Waals surface area (Å²) >= 11 is 1.63. The maximum absolute atomic E-state index is 11.9. The van der Waals surface area contributed by atoms with E-state index in [1.54, 1.807) is 23.5 Å². The van der Waals surface area contributed by atoms with Crippen molar-refractivity contribution in [1.82, 2.24) is 9.55 Å². The van der Waals surface area contributed by atoms with E-state index in [9.17, 15) is 8.42 Å². The molecule has 0 saturated heterocycles. The minimum Gasteiger partial charge on any atom is -0.369 e. The third-order valence-corrected chi connectivity index (χ3v) is 5.62. The van der Waals surface area contributed by atoms with Crippen molar-refractivity contribution in [2.75, 3.05) is 12.0 Å². The molecule has 1 atom stereocenters. The largest absolute Gasteiger partial charge is 0.369 e. The van der Waals surface area contributed by atoms with Gasteiger partial charge in [0.15, 0.2) is 9.84 Å². The van der Waals surface area contributed by atoms with E-state index in [1.165, 1.54) is 6.26 Å². The predicted molar refractivity (Wildman–Crippen MR) is 85.4 cm³/mol. The topological polar surface area (TPSA) is 78.0 Å². The summed E-state index contributed by atoms with van der Waals surface area (Å²) in [4.78, 5) is 5.63. The van der Waals surface area contributed by atoms with E-state index in [-0.39, 0.29) is 10.9 Å². The first-order chi connectivity index (χ1) is 9.89. The van der Waals surface area contributed by atoms with Crippen LogP contribution in [0.5, 0.6) is 0 Å². The van der Waals surface area contributed by atoms with Gasteiger partial charge in [-0.3, -0.25) is 0 Å². The lowest BCUT2D eigenvalue weighted by atomic mass is 10.2. The molecule has 7 heteroatoms. The van der Waals surface area contributed by atoms with E-state index >= 15 is 0 Å². The predicted octanol–water partition coefficient (Wildman–Crippen LogP) is 2.69. The molecule has 0 spiro atoms. The molecule has 0 amide bonds. The van der Waals surface area contributed by atoms with Crippen LogP contribution in [-0.2, 0) is 9.84 Å². The number of para-hydroxylation sites is 1. The van der Waals surface area contributed by atoms with Gasteiger partial charge in [-0.05, 0) is 30.5 Å². The zero-order valence-electron chi connectivity index (χ0n) is 11.6. The molecule has 2 heterocycles. The molecular weight excluding hydrogens is 306 g/mol. The molecule has 1 aromatic carbocycles. The van der Waals surface area contributed by atoms with Gasteiger partial charge in [-0.2, -0.15) is 0 Å². The maximum atomic E-state index is 11.9. The van der Waals surface area contributed by atoms with Crippen molar-refractivity contribution >= 4 is 38.2 Å². The third kappa shape index (κ3) is 2.32. The van der Waals surface area contributed by atoms with Crippen LogP contribution in [0.15, 0.2) is 40.6 Å². The van der Waals surface area contributed by atoms with Gasteiger partial charge in [-0.15, -0.1) is 11.3 Å². The summed E-state index contributed by atoms with van der Waals surface area (Å²) in [7, 11) is -3.34. The molecule has 1 unspecified atom stereocenters. The van der Waals surface area contributed by atoms with Gasteiger partial charge in [0.25, 0.3) is 0 Å². The first-order valence-electron chi connectivity index (χ1n) is 6.39. The molecular formula is C14H15N3O2S2. The molecule has 110 valence electrons. The van der Waals surface area contributed by atoms with Crippen LogP contribution in [0.4, 0.5) is 5.95 Å². The molecule has 0 bridgehead atoms. The Morgan fingerprint density at radius 1 is 1.29 bits per heavy atom. The first kappa shape index (κ1) is 14.1. The fourth-order valence-corrected chi connectivity index (χ4v) is 4.07. The smallest absolute Gasteiger partial charge is 0.201 e. The van der Waals surface area contributed by atoms with Crippen molar-refractivity contribution in [3.05, 3.63) is 40.6 Å². The number of aromatic nitrogens is 2. The number of fused-ring (bicyclic) bond motifs is 1. The van der Waals surface area contributed by atoms with Crippen LogP contribution < -0.4 is 5.73 Å². The molecule has 0 radical (unpaired) electrons. The first-order valence-corrected chi connectivity index (χ1v) is 9.16. The maximum Gasteiger partial charge on any atom is 0.201 e. The van der Waals surface area contributed by atoms with Crippen molar-refractivity contribution in [1.29, 1.82) is 0 Å². The number of hydrogen-bond donors (Lipinski definition) is 1. The van der Waals surface area contributed by atoms with E-state index in [0.717, 1.165) is 10.4 Å². The lowest BCUT2D eigenvalue weighted by Gasteiger charge is -2.14. The summed E-state index contributed by atoms with van der Waals surface area (Å²) in [5.74, 6) is 0.321. The summed E-state index contributed by atoms with van der Waals surface area (Å²) in [6, 6.07) is 9.14. The highest BCUT2D eigenvalue weighted by Crippen LogP contribution is 2.31. The van der Waals surface area contributed by atoms with E-state index in [2.05, 4.69) is 4.98 Å². The number of nitrogens with zero attached hydrogens (tertiary/aromatic N) is 2. The van der Waals surface area contributed by atoms with Gasteiger partial charge in [-0.25, -0.2) is 13.4 Å². The summed E-state index contributed by atoms with van der Waals surface area (Å²) in [6.07, 6.45) is 1.18. The highest BCUT2D eigenvalue weighted by Gasteiger charge is 2.21. The molecule has 0 aliphatic rings. The average Bonchev–Trinajstić information content (AvgIpc) is 3.02. The van der Waals surface area contributed by atoms with Crippen LogP contribution in [0.2, 0.25) is 0 Å². The Hall–Kier alpha value is -1.86. The number of sulfone groups is 1. The Bertz CT molecular complexity index is 896. The zero-order chi connectivity index (χ0) is 15.2. The molecule has 3 aromatic rings. The van der Waals surface area contributed by atoms with Crippen LogP contribution in [0.1, 0.15) is 17.8 Å². The SMILES string of the molecule is CC(c1cccs1)n1c(N)nc2c(S(C)(=O)=O)cccc21. The number of nitrogen functional groups attached to an aromatic ring is 1. The van der Waals surface area contributed by atoms with Crippen LogP contribution >= 0.6 is 11.3 Å². The lowest BCUT2D eigenvalue weighted by Crippen LogP contribution is -2.08. The monoisotopic (exact) mass is 321 g/mol. The van der Waals surface area contributed by atoms with Crippen molar-refractivity contribution in [2.24, 2.45) is 0 Å². The molecule has 0 aliphatic carbocycles. The van der Waals surface area contributed by atoms with Gasteiger partial charge in [0, 0.05) is 11.1 Å². The van der Waals surface area contributed by atoms with Crippen LogP contribution in [-0.4, -0.2) is 24.2 Å². The molecule has 2 aromatic heterocycles. The fraction of sp³-hybridized carbons (Fsp3) is 0.214. The van der Waals surface area contributed by atoms with E-state index in [1.807, 2.05) is 35.1 Å². The summed E-state index contributed by atoms with van der Waals surface area (Å²) in [5, 5.41) is 2.00. The number of nitrogens with two attached hydrogens (primary N) is 1. The second-order valence-electron chi connectivity index (χ2n) is 4.93. The zero-order valence-corrected chi connectivity index (χ0v) is 13.3. The van der Waals surface area contributed by atoms with E-state index < -0.39 is 9.84 Å². The number of hydrogen-bond acceptors (Lipinski definition) is 5. The summed E-state index contributed by atoms with van der Waals surface area (Å²) < 4.78 is 25.6. The number of rotatable bonds is 3. The normalized spacial score (nSPS) is 13.6. The fourth-order valence-electron chi connectivity index (χ4n) is 2.47. The quantitative estimate of drug-likeness (QED) is 0.804. The van der Waals surface area contributed by atoms with Gasteiger partial charge >= 0.3 is 0 Å². The third-order valence-electron chi connectivity index (χ3n) is 3.45. The highest BCUT2D eigenvalue weighted by atomic mass is 32.2. The van der Waals surface area contributed by atoms with Crippen molar-refractivity contribution in [3.8, 4) is 0 Å². The minimum atomic E-state index is -3.34. The number of thiophene rings is 1. The number of imidazole rings is 1. The molecule has 0 saturated carbocycles. The Morgan fingerprint density at radius 3 is 2.67 bits per heavy atom. The van der Waals surface area contributed by atoms with Gasteiger partial charge in [0.1, 0.15) is 5.52 Å². The van der Waals surface area contributed by atoms with Crippen LogP contribution in [0.25, 0.3) is 11.0 Å². The lowest BCUT2D eigenvalue weighted by molar-refractivity contribution is 0.602. The number of anilines is 1. The Morgan fingerprint density at radius 2 is 2.05 bits per heavy atom. The summed E-state index contributed by atoms with van der Waals surface area (Å²) in [6.45, 7) is 2.02. The molecule has 0 fully saturated rings. The highest BCUT2D eigenvalue weighted by molar-refractivity contribution is 7.91. The standard InChI is InChI=1S/C14H15N3O2S2/c1-9(11-6-4-8-20-11)17-10-5-3-7-12(21(2,18)19)13(10)16-14(17)15/h3-9H,1-2H3,(H2,15,16). The molecule has 5 nitrogen and oxygen atoms in total. The molecule has 3 rings (SSSR count). The second kappa shape index (κ2) is 4.85. The van der Waals surface area contributed by atoms with E-state index in [4.69, 9.17) is 5.73 Å². The average molecular weight is 321 g/mol. The van der Waals surface area contributed by atoms with Gasteiger partial charge in [-0.1, -0.05) is 12.1 Å². The molecule has 2 N–H and O–H groups in total. The Balaban J connectivity index is 2.28. The number of benzene rings is 1. The minimum absolute atomic E-state index is 0.00445. The second-order valence-corrected chi connectivity index (χ2v) is 7.89. The molecule has 0 aliphatic heterocycles. The van der Waals surface area contributed by atoms with Crippen LogP contribution in [0.3, 0.4) is 0 Å². The summed E-state index contributed by atoms with van der Waals surface area (Å²) in [5.41, 5.74) is 7.20. The molecule has 21 heavy (non-hydrogen) atoms. The van der Waals surface area contributed by atoms with Crippen molar-refractivity contribution < 1.29 is 8.42 Å². The Labute approximate surface area is 127 Å². The van der Waals surface area contributed by atoms with Gasteiger partial charge < -0.3 is 10.3 Å². The Kier molecular flexibility index (Phi) is 3.26. The van der Waals surface area contributed by atoms with Crippen LogP contribution in [0, 0.1) is 0 Å². The van der Waals surface area contributed by atoms with Crippen molar-refractivity contribution in [3.63, 3.8) is 0 Å². The van der Waals surface area contributed by atoms with Crippen molar-refractivity contribution in [2.45, 2.75) is 17.9 Å².